The standard InChI is InChI=1S/C13H13FN2O3/c1-2-3-4-7-15-13(19)16-11-6-5-9(12(17)18)8-10(11)14/h1,5-6,8H,3-4,7H2,(H,17,18)(H2,15,16,19). The van der Waals surface area contributed by atoms with Gasteiger partial charge < -0.3 is 15.7 Å². The Morgan fingerprint density at radius 3 is 2.74 bits per heavy atom. The lowest BCUT2D eigenvalue weighted by atomic mass is 10.2. The molecule has 6 heteroatoms. The molecule has 1 aromatic rings. The number of benzene rings is 1. The zero-order chi connectivity index (χ0) is 14.3. The van der Waals surface area contributed by atoms with Gasteiger partial charge in [-0.1, -0.05) is 0 Å². The van der Waals surface area contributed by atoms with E-state index in [1.807, 2.05) is 0 Å². The summed E-state index contributed by atoms with van der Waals surface area (Å²) < 4.78 is 13.5. The van der Waals surface area contributed by atoms with Crippen LogP contribution in [0.5, 0.6) is 0 Å². The molecule has 5 nitrogen and oxygen atoms in total. The van der Waals surface area contributed by atoms with Crippen LogP contribution >= 0.6 is 0 Å². The maximum atomic E-state index is 13.5. The summed E-state index contributed by atoms with van der Waals surface area (Å²) in [6, 6.07) is 2.68. The zero-order valence-electron chi connectivity index (χ0n) is 10.1. The van der Waals surface area contributed by atoms with Crippen LogP contribution in [0.3, 0.4) is 0 Å². The molecule has 0 bridgehead atoms. The molecule has 0 aliphatic rings. The quantitative estimate of drug-likeness (QED) is 0.562. The summed E-state index contributed by atoms with van der Waals surface area (Å²) in [6.07, 6.45) is 6.22. The zero-order valence-corrected chi connectivity index (χ0v) is 10.1. The minimum atomic E-state index is -1.23. The molecule has 0 saturated heterocycles. The number of anilines is 1. The molecule has 1 aromatic carbocycles. The third-order valence-electron chi connectivity index (χ3n) is 2.25. The predicted molar refractivity (Wildman–Crippen MR) is 68.4 cm³/mol. The number of hydrogen-bond acceptors (Lipinski definition) is 2. The molecule has 0 aromatic heterocycles. The lowest BCUT2D eigenvalue weighted by Crippen LogP contribution is -2.29. The Bertz CT molecular complexity index is 523. The van der Waals surface area contributed by atoms with Crippen molar-refractivity contribution >= 4 is 17.7 Å². The van der Waals surface area contributed by atoms with E-state index in [0.29, 0.717) is 19.4 Å². The molecule has 0 spiro atoms. The monoisotopic (exact) mass is 264 g/mol. The van der Waals surface area contributed by atoms with Crippen LogP contribution in [-0.4, -0.2) is 23.7 Å². The number of urea groups is 1. The number of terminal acetylenes is 1. The fourth-order valence-corrected chi connectivity index (χ4v) is 1.31. The maximum absolute atomic E-state index is 13.5. The van der Waals surface area contributed by atoms with Crippen LogP contribution in [0.15, 0.2) is 18.2 Å². The van der Waals surface area contributed by atoms with Crippen LogP contribution in [0, 0.1) is 18.2 Å². The van der Waals surface area contributed by atoms with Gasteiger partial charge in [-0.15, -0.1) is 12.3 Å². The summed E-state index contributed by atoms with van der Waals surface area (Å²) in [5, 5.41) is 13.5. The van der Waals surface area contributed by atoms with Crippen molar-refractivity contribution in [2.24, 2.45) is 0 Å². The van der Waals surface area contributed by atoms with Crippen molar-refractivity contribution in [1.82, 2.24) is 5.32 Å². The van der Waals surface area contributed by atoms with Gasteiger partial charge in [-0.25, -0.2) is 14.0 Å². The lowest BCUT2D eigenvalue weighted by molar-refractivity contribution is 0.0696. The van der Waals surface area contributed by atoms with E-state index in [1.165, 1.54) is 12.1 Å². The van der Waals surface area contributed by atoms with Gasteiger partial charge in [0.1, 0.15) is 5.82 Å². The molecule has 0 atom stereocenters. The minimum Gasteiger partial charge on any atom is -0.478 e. The number of carboxylic acid groups (broad SMARTS) is 1. The molecule has 1 rings (SSSR count). The molecular weight excluding hydrogens is 251 g/mol. The number of halogens is 1. The third kappa shape index (κ3) is 4.68. The van der Waals surface area contributed by atoms with Crippen molar-refractivity contribution in [3.8, 4) is 12.3 Å². The Kier molecular flexibility index (Phi) is 5.35. The molecule has 100 valence electrons. The van der Waals surface area contributed by atoms with Crippen LogP contribution in [0.2, 0.25) is 0 Å². The first-order valence-corrected chi connectivity index (χ1v) is 5.55. The van der Waals surface area contributed by atoms with Crippen molar-refractivity contribution in [3.05, 3.63) is 29.6 Å². The van der Waals surface area contributed by atoms with Gasteiger partial charge in [-0.3, -0.25) is 0 Å². The second kappa shape index (κ2) is 7.01. The molecule has 19 heavy (non-hydrogen) atoms. The van der Waals surface area contributed by atoms with E-state index in [9.17, 15) is 14.0 Å². The van der Waals surface area contributed by atoms with Crippen LogP contribution in [0.25, 0.3) is 0 Å². The van der Waals surface area contributed by atoms with Gasteiger partial charge >= 0.3 is 12.0 Å². The highest BCUT2D eigenvalue weighted by Crippen LogP contribution is 2.15. The lowest BCUT2D eigenvalue weighted by Gasteiger charge is -2.08. The van der Waals surface area contributed by atoms with Crippen LogP contribution < -0.4 is 10.6 Å². The van der Waals surface area contributed by atoms with E-state index < -0.39 is 17.8 Å². The summed E-state index contributed by atoms with van der Waals surface area (Å²) in [7, 11) is 0. The van der Waals surface area contributed by atoms with E-state index in [0.717, 1.165) is 6.07 Å². The molecule has 2 amide bonds. The first-order valence-electron chi connectivity index (χ1n) is 5.55. The SMILES string of the molecule is C#CCCCNC(=O)Nc1ccc(C(=O)O)cc1F. The largest absolute Gasteiger partial charge is 0.478 e. The number of aromatic carboxylic acids is 1. The number of carboxylic acids is 1. The van der Waals surface area contributed by atoms with Crippen LogP contribution in [0.1, 0.15) is 23.2 Å². The summed E-state index contributed by atoms with van der Waals surface area (Å²) in [6.45, 7) is 0.380. The van der Waals surface area contributed by atoms with Gasteiger partial charge in [0, 0.05) is 13.0 Å². The topological polar surface area (TPSA) is 78.4 Å². The molecule has 0 unspecified atom stereocenters. The van der Waals surface area contributed by atoms with E-state index in [-0.39, 0.29) is 11.3 Å². The molecule has 3 N–H and O–H groups in total. The number of carbonyl (C=O) groups is 2. The highest BCUT2D eigenvalue weighted by molar-refractivity contribution is 5.91. The second-order valence-corrected chi connectivity index (χ2v) is 3.69. The Morgan fingerprint density at radius 1 is 1.42 bits per heavy atom. The van der Waals surface area contributed by atoms with Crippen molar-refractivity contribution in [3.63, 3.8) is 0 Å². The predicted octanol–water partition coefficient (Wildman–Crippen LogP) is 2.06. The average Bonchev–Trinajstić information content (AvgIpc) is 2.37. The number of carbonyl (C=O) groups excluding carboxylic acids is 1. The molecular formula is C13H13FN2O3. The molecule has 0 saturated carbocycles. The van der Waals surface area contributed by atoms with Crippen molar-refractivity contribution in [1.29, 1.82) is 0 Å². The summed E-state index contributed by atoms with van der Waals surface area (Å²) in [5.74, 6) is 0.391. The number of nitrogens with one attached hydrogen (secondary N) is 2. The normalized spacial score (nSPS) is 9.47. The smallest absolute Gasteiger partial charge is 0.335 e. The molecule has 0 aliphatic carbocycles. The Morgan fingerprint density at radius 2 is 2.16 bits per heavy atom. The number of amides is 2. The van der Waals surface area contributed by atoms with Gasteiger partial charge in [0.2, 0.25) is 0 Å². The van der Waals surface area contributed by atoms with Crippen molar-refractivity contribution < 1.29 is 19.1 Å². The highest BCUT2D eigenvalue weighted by Gasteiger charge is 2.10. The minimum absolute atomic E-state index is 0.0838. The Labute approximate surface area is 109 Å². The first-order chi connectivity index (χ1) is 9.04. The van der Waals surface area contributed by atoms with Gasteiger partial charge in [0.15, 0.2) is 0 Å². The van der Waals surface area contributed by atoms with E-state index in [2.05, 4.69) is 16.6 Å². The van der Waals surface area contributed by atoms with Crippen LogP contribution in [-0.2, 0) is 0 Å². The van der Waals surface area contributed by atoms with Crippen LogP contribution in [0.4, 0.5) is 14.9 Å². The first kappa shape index (κ1) is 14.5. The van der Waals surface area contributed by atoms with E-state index in [4.69, 9.17) is 11.5 Å². The fraction of sp³-hybridized carbons (Fsp3) is 0.231. The van der Waals surface area contributed by atoms with Gasteiger partial charge in [0.25, 0.3) is 0 Å². The van der Waals surface area contributed by atoms with Gasteiger partial charge in [-0.2, -0.15) is 0 Å². The molecule has 0 aliphatic heterocycles. The molecule has 0 heterocycles. The highest BCUT2D eigenvalue weighted by atomic mass is 19.1. The third-order valence-corrected chi connectivity index (χ3v) is 2.25. The Balaban J connectivity index is 2.55. The van der Waals surface area contributed by atoms with Crippen molar-refractivity contribution in [2.75, 3.05) is 11.9 Å². The van der Waals surface area contributed by atoms with Gasteiger partial charge in [0.05, 0.1) is 11.3 Å². The molecule has 0 radical (unpaired) electrons. The summed E-state index contributed by atoms with van der Waals surface area (Å²) in [5.41, 5.74) is -0.267. The van der Waals surface area contributed by atoms with Gasteiger partial charge in [-0.05, 0) is 24.6 Å². The second-order valence-electron chi connectivity index (χ2n) is 3.69. The average molecular weight is 264 g/mol. The molecule has 0 fully saturated rings. The number of hydrogen-bond donors (Lipinski definition) is 3. The Hall–Kier alpha value is -2.55. The summed E-state index contributed by atoms with van der Waals surface area (Å²) in [4.78, 5) is 22.0. The number of unbranched alkanes of at least 4 members (excludes halogenated alkanes) is 1. The van der Waals surface area contributed by atoms with E-state index in [1.54, 1.807) is 0 Å². The summed E-state index contributed by atoms with van der Waals surface area (Å²) >= 11 is 0. The fourth-order valence-electron chi connectivity index (χ4n) is 1.31. The number of rotatable bonds is 5. The maximum Gasteiger partial charge on any atom is 0.335 e. The van der Waals surface area contributed by atoms with Crippen molar-refractivity contribution in [2.45, 2.75) is 12.8 Å². The van der Waals surface area contributed by atoms with E-state index >= 15 is 0 Å².